The molecule has 0 saturated heterocycles. The summed E-state index contributed by atoms with van der Waals surface area (Å²) >= 11 is 0. The van der Waals surface area contributed by atoms with Crippen LogP contribution < -0.4 is 10.6 Å². The Morgan fingerprint density at radius 1 is 0.893 bits per heavy atom. The summed E-state index contributed by atoms with van der Waals surface area (Å²) in [4.78, 5) is 12.8. The predicted octanol–water partition coefficient (Wildman–Crippen LogP) is 4.72. The molecule has 4 heteroatoms. The molecule has 0 fully saturated rings. The standard InChI is InChI=1S/C24H21N3O/c1-18-12-14-22(15-13-18)26-17-21(16-25)24(28)27-23(19-8-4-2-5-9-19)20-10-6-3-7-11-20/h2-15,17,23,26H,1H3,(H,27,28)/b21-17-. The van der Waals surface area contributed by atoms with Crippen LogP contribution in [0.15, 0.2) is 96.7 Å². The van der Waals surface area contributed by atoms with Gasteiger partial charge in [-0.05, 0) is 30.2 Å². The average Bonchev–Trinajstić information content (AvgIpc) is 2.75. The van der Waals surface area contributed by atoms with Gasteiger partial charge in [-0.25, -0.2) is 0 Å². The van der Waals surface area contributed by atoms with Crippen molar-refractivity contribution in [3.8, 4) is 6.07 Å². The highest BCUT2D eigenvalue weighted by Gasteiger charge is 2.19. The van der Waals surface area contributed by atoms with Crippen LogP contribution in [0.1, 0.15) is 22.7 Å². The van der Waals surface area contributed by atoms with Crippen LogP contribution in [0.2, 0.25) is 0 Å². The van der Waals surface area contributed by atoms with E-state index in [1.807, 2.05) is 97.9 Å². The fourth-order valence-corrected chi connectivity index (χ4v) is 2.81. The molecule has 0 aliphatic heterocycles. The van der Waals surface area contributed by atoms with Crippen LogP contribution in [0.4, 0.5) is 5.69 Å². The Labute approximate surface area is 165 Å². The van der Waals surface area contributed by atoms with Crippen molar-refractivity contribution >= 4 is 11.6 Å². The highest BCUT2D eigenvalue weighted by atomic mass is 16.1. The van der Waals surface area contributed by atoms with E-state index in [0.717, 1.165) is 22.4 Å². The number of amides is 1. The molecule has 4 nitrogen and oxygen atoms in total. The first-order chi connectivity index (χ1) is 13.7. The molecule has 0 atom stereocenters. The molecule has 3 rings (SSSR count). The van der Waals surface area contributed by atoms with Gasteiger partial charge in [0.15, 0.2) is 0 Å². The smallest absolute Gasteiger partial charge is 0.264 e. The lowest BCUT2D eigenvalue weighted by Crippen LogP contribution is -2.30. The highest BCUT2D eigenvalue weighted by Crippen LogP contribution is 2.22. The monoisotopic (exact) mass is 367 g/mol. The van der Waals surface area contributed by atoms with Crippen molar-refractivity contribution in [3.05, 3.63) is 113 Å². The summed E-state index contributed by atoms with van der Waals surface area (Å²) in [6.45, 7) is 2.00. The first-order valence-corrected chi connectivity index (χ1v) is 9.01. The lowest BCUT2D eigenvalue weighted by Gasteiger charge is -2.19. The van der Waals surface area contributed by atoms with Crippen LogP contribution in [-0.4, -0.2) is 5.91 Å². The number of anilines is 1. The van der Waals surface area contributed by atoms with Crippen LogP contribution >= 0.6 is 0 Å². The molecule has 0 saturated carbocycles. The van der Waals surface area contributed by atoms with Crippen LogP contribution in [0.5, 0.6) is 0 Å². The average molecular weight is 367 g/mol. The van der Waals surface area contributed by atoms with Gasteiger partial charge in [0.05, 0.1) is 6.04 Å². The SMILES string of the molecule is Cc1ccc(N/C=C(/C#N)C(=O)NC(c2ccccc2)c2ccccc2)cc1. The minimum Gasteiger partial charge on any atom is -0.360 e. The van der Waals surface area contributed by atoms with Crippen molar-refractivity contribution < 1.29 is 4.79 Å². The van der Waals surface area contributed by atoms with Gasteiger partial charge in [0.2, 0.25) is 0 Å². The second-order valence-corrected chi connectivity index (χ2v) is 6.41. The minimum absolute atomic E-state index is 0.0115. The quantitative estimate of drug-likeness (QED) is 0.489. The molecular weight excluding hydrogens is 346 g/mol. The van der Waals surface area contributed by atoms with E-state index < -0.39 is 5.91 Å². The zero-order chi connectivity index (χ0) is 19.8. The number of benzene rings is 3. The molecule has 0 aliphatic rings. The number of carbonyl (C=O) groups is 1. The van der Waals surface area contributed by atoms with Gasteiger partial charge < -0.3 is 10.6 Å². The number of hydrogen-bond acceptors (Lipinski definition) is 3. The number of aryl methyl sites for hydroxylation is 1. The Morgan fingerprint density at radius 3 is 1.93 bits per heavy atom. The van der Waals surface area contributed by atoms with Crippen molar-refractivity contribution in [1.29, 1.82) is 5.26 Å². The summed E-state index contributed by atoms with van der Waals surface area (Å²) in [5.74, 6) is -0.431. The van der Waals surface area contributed by atoms with Gasteiger partial charge in [-0.2, -0.15) is 5.26 Å². The fraction of sp³-hybridized carbons (Fsp3) is 0.0833. The Hall–Kier alpha value is -3.84. The van der Waals surface area contributed by atoms with E-state index in [9.17, 15) is 10.1 Å². The van der Waals surface area contributed by atoms with Crippen molar-refractivity contribution in [3.63, 3.8) is 0 Å². The molecule has 3 aromatic carbocycles. The molecular formula is C24H21N3O. The summed E-state index contributed by atoms with van der Waals surface area (Å²) in [5, 5.41) is 15.4. The molecule has 1 amide bonds. The van der Waals surface area contributed by atoms with E-state index in [-0.39, 0.29) is 11.6 Å². The van der Waals surface area contributed by atoms with Gasteiger partial charge in [0.25, 0.3) is 5.91 Å². The molecule has 0 bridgehead atoms. The third-order valence-electron chi connectivity index (χ3n) is 4.34. The number of nitrogens with one attached hydrogen (secondary N) is 2. The molecule has 138 valence electrons. The van der Waals surface area contributed by atoms with Crippen LogP contribution in [0.25, 0.3) is 0 Å². The van der Waals surface area contributed by atoms with Gasteiger partial charge in [-0.3, -0.25) is 4.79 Å². The minimum atomic E-state index is -0.431. The first kappa shape index (κ1) is 18.9. The number of hydrogen-bond donors (Lipinski definition) is 2. The molecule has 0 aromatic heterocycles. The van der Waals surface area contributed by atoms with Crippen molar-refractivity contribution in [2.45, 2.75) is 13.0 Å². The Balaban J connectivity index is 1.81. The molecule has 0 heterocycles. The normalized spacial score (nSPS) is 11.0. The summed E-state index contributed by atoms with van der Waals surface area (Å²) in [5.41, 5.74) is 3.87. The van der Waals surface area contributed by atoms with E-state index in [4.69, 9.17) is 0 Å². The third kappa shape index (κ3) is 4.87. The zero-order valence-electron chi connectivity index (χ0n) is 15.6. The van der Waals surface area contributed by atoms with E-state index >= 15 is 0 Å². The lowest BCUT2D eigenvalue weighted by atomic mass is 9.98. The Bertz CT molecular complexity index is 948. The van der Waals surface area contributed by atoms with E-state index in [1.165, 1.54) is 6.20 Å². The zero-order valence-corrected chi connectivity index (χ0v) is 15.6. The van der Waals surface area contributed by atoms with Crippen molar-refractivity contribution in [2.24, 2.45) is 0 Å². The van der Waals surface area contributed by atoms with Gasteiger partial charge in [-0.1, -0.05) is 78.4 Å². The van der Waals surface area contributed by atoms with Crippen LogP contribution in [0.3, 0.4) is 0 Å². The van der Waals surface area contributed by atoms with E-state index in [1.54, 1.807) is 0 Å². The van der Waals surface area contributed by atoms with Gasteiger partial charge >= 0.3 is 0 Å². The molecule has 28 heavy (non-hydrogen) atoms. The fourth-order valence-electron chi connectivity index (χ4n) is 2.81. The topological polar surface area (TPSA) is 64.9 Å². The van der Waals surface area contributed by atoms with E-state index in [0.29, 0.717) is 0 Å². The number of rotatable bonds is 6. The predicted molar refractivity (Wildman–Crippen MR) is 111 cm³/mol. The van der Waals surface area contributed by atoms with Gasteiger partial charge in [-0.15, -0.1) is 0 Å². The largest absolute Gasteiger partial charge is 0.360 e. The third-order valence-corrected chi connectivity index (χ3v) is 4.34. The highest BCUT2D eigenvalue weighted by molar-refractivity contribution is 5.98. The molecule has 3 aromatic rings. The molecule has 0 unspecified atom stereocenters. The van der Waals surface area contributed by atoms with Crippen LogP contribution in [-0.2, 0) is 4.79 Å². The maximum atomic E-state index is 12.8. The number of carbonyl (C=O) groups excluding carboxylic acids is 1. The molecule has 2 N–H and O–H groups in total. The molecule has 0 radical (unpaired) electrons. The number of nitrogens with zero attached hydrogens (tertiary/aromatic N) is 1. The second-order valence-electron chi connectivity index (χ2n) is 6.41. The summed E-state index contributed by atoms with van der Waals surface area (Å²) in [6.07, 6.45) is 1.44. The van der Waals surface area contributed by atoms with Crippen molar-refractivity contribution in [1.82, 2.24) is 5.32 Å². The molecule has 0 aliphatic carbocycles. The summed E-state index contributed by atoms with van der Waals surface area (Å²) < 4.78 is 0. The molecule has 0 spiro atoms. The number of nitriles is 1. The summed E-state index contributed by atoms with van der Waals surface area (Å²) in [7, 11) is 0. The first-order valence-electron chi connectivity index (χ1n) is 9.01. The maximum absolute atomic E-state index is 12.8. The van der Waals surface area contributed by atoms with Crippen LogP contribution in [0, 0.1) is 18.3 Å². The van der Waals surface area contributed by atoms with E-state index in [2.05, 4.69) is 10.6 Å². The van der Waals surface area contributed by atoms with Gasteiger partial charge in [0, 0.05) is 11.9 Å². The second kappa shape index (κ2) is 9.20. The lowest BCUT2D eigenvalue weighted by molar-refractivity contribution is -0.117. The van der Waals surface area contributed by atoms with Gasteiger partial charge in [0.1, 0.15) is 11.6 Å². The summed E-state index contributed by atoms with van der Waals surface area (Å²) in [6, 6.07) is 28.8. The Morgan fingerprint density at radius 2 is 1.43 bits per heavy atom. The maximum Gasteiger partial charge on any atom is 0.264 e. The Kier molecular flexibility index (Phi) is 6.22. The van der Waals surface area contributed by atoms with Crippen molar-refractivity contribution in [2.75, 3.05) is 5.32 Å².